The van der Waals surface area contributed by atoms with Gasteiger partial charge in [-0.3, -0.25) is 9.69 Å². The fourth-order valence-electron chi connectivity index (χ4n) is 5.02. The van der Waals surface area contributed by atoms with E-state index in [1.165, 1.54) is 29.7 Å². The zero-order valence-electron chi connectivity index (χ0n) is 20.8. The average Bonchev–Trinajstić information content (AvgIpc) is 3.03. The SMILES string of the molecule is C=C/C=C\C(C=C(C)SCC)C(=O)N1CCc2cnc(N3CCN(C4CCC4)CC3)nc2CC1. The Bertz CT molecular complexity index is 918. The summed E-state index contributed by atoms with van der Waals surface area (Å²) in [5, 5.41) is 0. The van der Waals surface area contributed by atoms with Crippen LogP contribution in [0.15, 0.2) is 42.0 Å². The first-order chi connectivity index (χ1) is 16.6. The van der Waals surface area contributed by atoms with Gasteiger partial charge in [0, 0.05) is 57.9 Å². The number of piperazine rings is 1. The Morgan fingerprint density at radius 2 is 1.97 bits per heavy atom. The minimum atomic E-state index is -0.258. The van der Waals surface area contributed by atoms with Crippen molar-refractivity contribution in [3.63, 3.8) is 0 Å². The number of allylic oxidation sites excluding steroid dienone is 3. The monoisotopic (exact) mass is 481 g/mol. The molecule has 1 atom stereocenters. The highest BCUT2D eigenvalue weighted by Gasteiger charge is 2.29. The summed E-state index contributed by atoms with van der Waals surface area (Å²) in [6.07, 6.45) is 15.3. The molecule has 4 rings (SSSR count). The van der Waals surface area contributed by atoms with Gasteiger partial charge in [-0.1, -0.05) is 44.2 Å². The summed E-state index contributed by atoms with van der Waals surface area (Å²) >= 11 is 1.78. The summed E-state index contributed by atoms with van der Waals surface area (Å²) in [6, 6.07) is 0.808. The molecule has 1 aromatic rings. The minimum Gasteiger partial charge on any atom is -0.341 e. The van der Waals surface area contributed by atoms with Crippen molar-refractivity contribution < 1.29 is 4.79 Å². The van der Waals surface area contributed by atoms with E-state index < -0.39 is 0 Å². The van der Waals surface area contributed by atoms with E-state index in [2.05, 4.69) is 36.3 Å². The van der Waals surface area contributed by atoms with Gasteiger partial charge in [0.1, 0.15) is 0 Å². The van der Waals surface area contributed by atoms with Crippen molar-refractivity contribution >= 4 is 23.6 Å². The summed E-state index contributed by atoms with van der Waals surface area (Å²) < 4.78 is 0. The second-order valence-electron chi connectivity index (χ2n) is 9.43. The van der Waals surface area contributed by atoms with E-state index in [0.29, 0.717) is 13.1 Å². The molecule has 1 unspecified atom stereocenters. The van der Waals surface area contributed by atoms with E-state index in [0.717, 1.165) is 62.5 Å². The molecule has 3 aliphatic rings. The Labute approximate surface area is 209 Å². The van der Waals surface area contributed by atoms with Crippen molar-refractivity contribution in [3.05, 3.63) is 53.2 Å². The van der Waals surface area contributed by atoms with E-state index >= 15 is 0 Å². The Hall–Kier alpha value is -2.12. The van der Waals surface area contributed by atoms with Crippen LogP contribution in [-0.2, 0) is 17.6 Å². The molecule has 6 nitrogen and oxygen atoms in total. The lowest BCUT2D eigenvalue weighted by Gasteiger charge is -2.43. The highest BCUT2D eigenvalue weighted by Crippen LogP contribution is 2.27. The molecule has 184 valence electrons. The maximum atomic E-state index is 13.4. The van der Waals surface area contributed by atoms with Crippen molar-refractivity contribution in [1.29, 1.82) is 0 Å². The van der Waals surface area contributed by atoms with Gasteiger partial charge in [0.05, 0.1) is 11.6 Å². The van der Waals surface area contributed by atoms with Gasteiger partial charge in [-0.25, -0.2) is 9.97 Å². The first-order valence-corrected chi connectivity index (χ1v) is 13.8. The van der Waals surface area contributed by atoms with Gasteiger partial charge in [0.15, 0.2) is 0 Å². The maximum Gasteiger partial charge on any atom is 0.233 e. The molecule has 1 amide bonds. The second kappa shape index (κ2) is 12.0. The Kier molecular flexibility index (Phi) is 8.84. The van der Waals surface area contributed by atoms with Crippen LogP contribution in [0.5, 0.6) is 0 Å². The van der Waals surface area contributed by atoms with Gasteiger partial charge in [-0.15, -0.1) is 11.8 Å². The van der Waals surface area contributed by atoms with E-state index in [1.807, 2.05) is 23.2 Å². The van der Waals surface area contributed by atoms with Crippen LogP contribution in [0.1, 0.15) is 44.4 Å². The average molecular weight is 482 g/mol. The van der Waals surface area contributed by atoms with E-state index in [-0.39, 0.29) is 11.8 Å². The van der Waals surface area contributed by atoms with Crippen LogP contribution in [0.25, 0.3) is 0 Å². The van der Waals surface area contributed by atoms with Crippen LogP contribution in [0.4, 0.5) is 5.95 Å². The summed E-state index contributed by atoms with van der Waals surface area (Å²) in [5.41, 5.74) is 2.28. The van der Waals surface area contributed by atoms with Gasteiger partial charge in [-0.2, -0.15) is 0 Å². The standard InChI is InChI=1S/C27H39N5OS/c1-4-6-8-22(19-21(3)34-5-2)26(33)31-13-11-23-20-28-27(29-25(23)12-14-31)32-17-15-30(16-18-32)24-9-7-10-24/h4,6,8,19-20,22,24H,1,5,7,9-18H2,2-3H3/b8-6-,21-19?. The number of carbonyl (C=O) groups is 1. The Morgan fingerprint density at radius 3 is 2.65 bits per heavy atom. The number of rotatable bonds is 8. The molecular formula is C27H39N5OS. The Balaban J connectivity index is 1.39. The largest absolute Gasteiger partial charge is 0.341 e. The molecule has 34 heavy (non-hydrogen) atoms. The molecule has 1 aromatic heterocycles. The summed E-state index contributed by atoms with van der Waals surface area (Å²) in [4.78, 5) is 31.3. The molecule has 0 spiro atoms. The van der Waals surface area contributed by atoms with Crippen molar-refractivity contribution in [2.75, 3.05) is 49.9 Å². The molecular weight excluding hydrogens is 442 g/mol. The summed E-state index contributed by atoms with van der Waals surface area (Å²) in [5.74, 6) is 1.76. The number of anilines is 1. The second-order valence-corrected chi connectivity index (χ2v) is 10.9. The van der Waals surface area contributed by atoms with Crippen LogP contribution < -0.4 is 4.90 Å². The smallest absolute Gasteiger partial charge is 0.233 e. The zero-order chi connectivity index (χ0) is 23.9. The highest BCUT2D eigenvalue weighted by atomic mass is 32.2. The van der Waals surface area contributed by atoms with Crippen molar-refractivity contribution in [3.8, 4) is 0 Å². The van der Waals surface area contributed by atoms with Gasteiger partial charge >= 0.3 is 0 Å². The van der Waals surface area contributed by atoms with E-state index in [4.69, 9.17) is 9.97 Å². The van der Waals surface area contributed by atoms with E-state index in [1.54, 1.807) is 17.8 Å². The molecule has 2 fully saturated rings. The van der Waals surface area contributed by atoms with Crippen molar-refractivity contribution in [2.45, 2.75) is 52.0 Å². The molecule has 7 heteroatoms. The Morgan fingerprint density at radius 1 is 1.21 bits per heavy atom. The normalized spacial score (nSPS) is 21.2. The van der Waals surface area contributed by atoms with Crippen LogP contribution in [0.2, 0.25) is 0 Å². The molecule has 1 aliphatic carbocycles. The number of fused-ring (bicyclic) bond motifs is 1. The lowest BCUT2D eigenvalue weighted by atomic mass is 9.91. The molecule has 0 bridgehead atoms. The predicted octanol–water partition coefficient (Wildman–Crippen LogP) is 4.09. The fourth-order valence-corrected chi connectivity index (χ4v) is 5.72. The van der Waals surface area contributed by atoms with Crippen LogP contribution >= 0.6 is 11.8 Å². The molecule has 1 saturated carbocycles. The van der Waals surface area contributed by atoms with Crippen molar-refractivity contribution in [1.82, 2.24) is 19.8 Å². The van der Waals surface area contributed by atoms with Gasteiger partial charge in [-0.05, 0) is 42.4 Å². The summed E-state index contributed by atoms with van der Waals surface area (Å²) in [7, 11) is 0. The first kappa shape index (κ1) is 25.0. The molecule has 3 heterocycles. The third-order valence-corrected chi connectivity index (χ3v) is 8.12. The molecule has 1 saturated heterocycles. The number of hydrogen-bond acceptors (Lipinski definition) is 6. The van der Waals surface area contributed by atoms with Crippen LogP contribution in [-0.4, -0.2) is 76.7 Å². The topological polar surface area (TPSA) is 52.6 Å². The first-order valence-electron chi connectivity index (χ1n) is 12.8. The lowest BCUT2D eigenvalue weighted by Crippen LogP contribution is -2.52. The highest BCUT2D eigenvalue weighted by molar-refractivity contribution is 8.03. The van der Waals surface area contributed by atoms with Crippen LogP contribution in [0.3, 0.4) is 0 Å². The minimum absolute atomic E-state index is 0.155. The third-order valence-electron chi connectivity index (χ3n) is 7.24. The molecule has 0 radical (unpaired) electrons. The van der Waals surface area contributed by atoms with E-state index in [9.17, 15) is 4.79 Å². The number of amides is 1. The number of hydrogen-bond donors (Lipinski definition) is 0. The van der Waals surface area contributed by atoms with Gasteiger partial charge in [0.2, 0.25) is 11.9 Å². The lowest BCUT2D eigenvalue weighted by molar-refractivity contribution is -0.132. The van der Waals surface area contributed by atoms with Crippen LogP contribution in [0, 0.1) is 5.92 Å². The maximum absolute atomic E-state index is 13.4. The van der Waals surface area contributed by atoms with Gasteiger partial charge in [0.25, 0.3) is 0 Å². The molecule has 0 N–H and O–H groups in total. The third kappa shape index (κ3) is 6.11. The molecule has 2 aliphatic heterocycles. The number of thioether (sulfide) groups is 1. The predicted molar refractivity (Wildman–Crippen MR) is 142 cm³/mol. The van der Waals surface area contributed by atoms with Crippen molar-refractivity contribution in [2.24, 2.45) is 5.92 Å². The molecule has 0 aromatic carbocycles. The number of aromatic nitrogens is 2. The number of nitrogens with zero attached hydrogens (tertiary/aromatic N) is 5. The van der Waals surface area contributed by atoms with Gasteiger partial charge < -0.3 is 9.80 Å². The zero-order valence-corrected chi connectivity index (χ0v) is 21.6. The fraction of sp³-hybridized carbons (Fsp3) is 0.593. The number of carbonyl (C=O) groups excluding carboxylic acids is 1. The quantitative estimate of drug-likeness (QED) is 0.521. The summed E-state index contributed by atoms with van der Waals surface area (Å²) in [6.45, 7) is 13.6.